The van der Waals surface area contributed by atoms with Crippen molar-refractivity contribution in [1.82, 2.24) is 34.8 Å². The number of aromatic nitrogens is 6. The fourth-order valence-corrected chi connectivity index (χ4v) is 5.73. The summed E-state index contributed by atoms with van der Waals surface area (Å²) in [6, 6.07) is 38.8. The minimum atomic E-state index is -0.358. The number of para-hydroxylation sites is 1. The third kappa shape index (κ3) is 13.0. The molecule has 0 fully saturated rings. The third-order valence-electron chi connectivity index (χ3n) is 8.70. The molecule has 4 aromatic heterocycles. The van der Waals surface area contributed by atoms with E-state index in [1.807, 2.05) is 85.9 Å². The summed E-state index contributed by atoms with van der Waals surface area (Å²) in [5.41, 5.74) is 1.90. The molecule has 0 atom stereocenters. The van der Waals surface area contributed by atoms with Gasteiger partial charge in [0, 0.05) is 37.0 Å². The molecule has 3 aromatic carbocycles. The Morgan fingerprint density at radius 1 is 0.597 bits per heavy atom. The molecule has 0 aliphatic rings. The van der Waals surface area contributed by atoms with Crippen LogP contribution in [-0.2, 0) is 16.0 Å². The fourth-order valence-electron chi connectivity index (χ4n) is 5.73. The second kappa shape index (κ2) is 21.0. The molecule has 0 saturated heterocycles. The number of nitrogens with one attached hydrogen (secondary N) is 5. The van der Waals surface area contributed by atoms with Crippen LogP contribution in [0.2, 0.25) is 0 Å². The van der Waals surface area contributed by atoms with E-state index < -0.39 is 0 Å². The second-order valence-electron chi connectivity index (χ2n) is 13.5. The molecule has 2 amide bonds. The predicted molar refractivity (Wildman–Crippen MR) is 240 cm³/mol. The number of hydrogen-bond acceptors (Lipinski definition) is 14. The van der Waals surface area contributed by atoms with Crippen LogP contribution in [-0.4, -0.2) is 66.8 Å². The molecule has 0 bridgehead atoms. The number of anilines is 8. The first-order chi connectivity index (χ1) is 30.3. The van der Waals surface area contributed by atoms with Crippen LogP contribution in [0.1, 0.15) is 5.56 Å². The van der Waals surface area contributed by atoms with Gasteiger partial charge in [0.1, 0.15) is 70.6 Å². The monoisotopic (exact) mass is 826 g/mol. The number of benzene rings is 3. The Hall–Kier alpha value is -8.50. The summed E-state index contributed by atoms with van der Waals surface area (Å²) in [4.78, 5) is 52.5. The Morgan fingerprint density at radius 2 is 1.19 bits per heavy atom. The fraction of sp³-hybridized carbons (Fsp3) is 0.0870. The summed E-state index contributed by atoms with van der Waals surface area (Å²) in [6.07, 6.45) is 8.06. The van der Waals surface area contributed by atoms with Crippen molar-refractivity contribution in [3.63, 3.8) is 0 Å². The van der Waals surface area contributed by atoms with Crippen LogP contribution in [0.25, 0.3) is 0 Å². The molecule has 0 unspecified atom stereocenters. The lowest BCUT2D eigenvalue weighted by Crippen LogP contribution is -2.21. The number of carbonyl (C=O) groups is 2. The summed E-state index contributed by atoms with van der Waals surface area (Å²) >= 11 is 0. The summed E-state index contributed by atoms with van der Waals surface area (Å²) in [5, 5.41) is 15.0. The van der Waals surface area contributed by atoms with Crippen molar-refractivity contribution in [3.8, 4) is 23.1 Å². The number of ether oxygens (including phenoxy) is 2. The van der Waals surface area contributed by atoms with Gasteiger partial charge >= 0.3 is 0 Å². The van der Waals surface area contributed by atoms with Crippen LogP contribution in [0.5, 0.6) is 23.1 Å². The Bertz CT molecular complexity index is 2640. The average Bonchev–Trinajstić information content (AvgIpc) is 3.27. The van der Waals surface area contributed by atoms with Gasteiger partial charge < -0.3 is 41.0 Å². The van der Waals surface area contributed by atoms with Crippen molar-refractivity contribution in [3.05, 3.63) is 170 Å². The second-order valence-corrected chi connectivity index (χ2v) is 13.5. The number of hydrogen-bond donors (Lipinski definition) is 5. The van der Waals surface area contributed by atoms with E-state index in [0.717, 1.165) is 35.7 Å². The van der Waals surface area contributed by atoms with Crippen LogP contribution in [0.3, 0.4) is 0 Å². The van der Waals surface area contributed by atoms with Gasteiger partial charge in [0.25, 0.3) is 0 Å². The number of carbonyl (C=O) groups excluding carboxylic acids is 2. The number of pyridine rings is 2. The normalized spacial score (nSPS) is 10.8. The van der Waals surface area contributed by atoms with E-state index in [-0.39, 0.29) is 11.8 Å². The van der Waals surface area contributed by atoms with Crippen molar-refractivity contribution in [2.45, 2.75) is 6.42 Å². The van der Waals surface area contributed by atoms with Gasteiger partial charge in [0.05, 0.1) is 0 Å². The smallest absolute Gasteiger partial charge is 0.249 e. The first kappa shape index (κ1) is 41.7. The zero-order valence-electron chi connectivity index (χ0n) is 33.6. The van der Waals surface area contributed by atoms with Gasteiger partial charge in [-0.1, -0.05) is 55.1 Å². The van der Waals surface area contributed by atoms with Gasteiger partial charge in [-0.2, -0.15) is 0 Å². The Kier molecular flexibility index (Phi) is 14.1. The quantitative estimate of drug-likeness (QED) is 0.0486. The maximum absolute atomic E-state index is 12.8. The van der Waals surface area contributed by atoms with Gasteiger partial charge in [-0.05, 0) is 97.9 Å². The highest BCUT2D eigenvalue weighted by molar-refractivity contribution is 5.99. The van der Waals surface area contributed by atoms with Crippen LogP contribution >= 0.6 is 0 Å². The molecule has 7 rings (SSSR count). The van der Waals surface area contributed by atoms with E-state index >= 15 is 0 Å². The first-order valence-corrected chi connectivity index (χ1v) is 19.4. The maximum atomic E-state index is 12.8. The molecule has 0 radical (unpaired) electrons. The Balaban J connectivity index is 0.841. The molecule has 0 spiro atoms. The molecule has 16 nitrogen and oxygen atoms in total. The van der Waals surface area contributed by atoms with E-state index in [2.05, 4.69) is 68.0 Å². The van der Waals surface area contributed by atoms with Gasteiger partial charge in [0.2, 0.25) is 17.7 Å². The van der Waals surface area contributed by atoms with Gasteiger partial charge in [-0.3, -0.25) is 9.59 Å². The molecule has 310 valence electrons. The van der Waals surface area contributed by atoms with E-state index in [9.17, 15) is 9.59 Å². The highest BCUT2D eigenvalue weighted by Gasteiger charge is 2.08. The predicted octanol–water partition coefficient (Wildman–Crippen LogP) is 8.67. The highest BCUT2D eigenvalue weighted by atomic mass is 16.5. The van der Waals surface area contributed by atoms with Crippen LogP contribution in [0.4, 0.5) is 46.4 Å². The molecule has 7 aromatic rings. The molecule has 0 aliphatic heterocycles. The molecular formula is C46H42N12O4. The van der Waals surface area contributed by atoms with Crippen LogP contribution < -0.4 is 36.1 Å². The topological polar surface area (TPSA) is 193 Å². The Morgan fingerprint density at radius 3 is 1.90 bits per heavy atom. The van der Waals surface area contributed by atoms with Crippen molar-refractivity contribution >= 4 is 58.2 Å². The number of likely N-dealkylation sites (N-methyl/N-ethyl adjacent to an activating group) is 1. The van der Waals surface area contributed by atoms with E-state index in [1.54, 1.807) is 54.6 Å². The van der Waals surface area contributed by atoms with Gasteiger partial charge in [-0.25, -0.2) is 29.9 Å². The minimum Gasteiger partial charge on any atom is -0.457 e. The first-order valence-electron chi connectivity index (χ1n) is 19.4. The standard InChI is InChI=1S/C46H42N12O4/c1-3-44(59)56-39-17-8-16-38(52-39)55-43-29-46(50-31-49-43)62-36-14-7-11-32(27-36)24-26-58(2)25-10-19-45(60)57-40-18-9-15-37(53-40)54-42-28-41(47-30-48-42)51-33-20-22-35(23-21-33)61-34-12-5-4-6-13-34/h3-23,27-31H,1,24-26H2,2H3,(H2,49,50,52,55,56,59)(H3,47,48,51,53,54,57,60)/b19-10+. The molecule has 5 N–H and O–H groups in total. The van der Waals surface area contributed by atoms with Crippen LogP contribution in [0.15, 0.2) is 165 Å². The van der Waals surface area contributed by atoms with E-state index in [4.69, 9.17) is 9.47 Å². The molecule has 0 aliphatic carbocycles. The average molecular weight is 827 g/mol. The zero-order valence-corrected chi connectivity index (χ0v) is 33.6. The minimum absolute atomic E-state index is 0.300. The van der Waals surface area contributed by atoms with Gasteiger partial charge in [-0.15, -0.1) is 0 Å². The lowest BCUT2D eigenvalue weighted by atomic mass is 10.1. The highest BCUT2D eigenvalue weighted by Crippen LogP contribution is 2.26. The molecule has 62 heavy (non-hydrogen) atoms. The summed E-state index contributed by atoms with van der Waals surface area (Å²) in [6.45, 7) is 4.75. The van der Waals surface area contributed by atoms with Crippen molar-refractivity contribution < 1.29 is 19.1 Å². The lowest BCUT2D eigenvalue weighted by molar-refractivity contribution is -0.112. The van der Waals surface area contributed by atoms with Gasteiger partial charge in [0.15, 0.2) is 0 Å². The molecule has 0 saturated carbocycles. The van der Waals surface area contributed by atoms with Crippen molar-refractivity contribution in [1.29, 1.82) is 0 Å². The van der Waals surface area contributed by atoms with E-state index in [0.29, 0.717) is 58.9 Å². The molecule has 4 heterocycles. The van der Waals surface area contributed by atoms with E-state index in [1.165, 1.54) is 24.8 Å². The third-order valence-corrected chi connectivity index (χ3v) is 8.70. The maximum Gasteiger partial charge on any atom is 0.249 e. The van der Waals surface area contributed by atoms with Crippen molar-refractivity contribution in [2.75, 3.05) is 46.7 Å². The zero-order chi connectivity index (χ0) is 42.9. The summed E-state index contributed by atoms with van der Waals surface area (Å²) < 4.78 is 11.9. The summed E-state index contributed by atoms with van der Waals surface area (Å²) in [5.74, 6) is 5.10. The number of rotatable bonds is 19. The van der Waals surface area contributed by atoms with Crippen molar-refractivity contribution in [2.24, 2.45) is 0 Å². The molecule has 16 heteroatoms. The Labute approximate surface area is 357 Å². The summed E-state index contributed by atoms with van der Waals surface area (Å²) in [7, 11) is 1.98. The number of amides is 2. The largest absolute Gasteiger partial charge is 0.457 e. The number of nitrogens with zero attached hydrogens (tertiary/aromatic N) is 7. The molecular weight excluding hydrogens is 785 g/mol. The SMILES string of the molecule is C=CC(=O)Nc1cccc(Nc2cc(Oc3cccc(CCN(C)C/C=C/C(=O)Nc4cccc(Nc5cc(Nc6ccc(Oc7ccccc7)cc6)ncn5)n4)c3)ncn2)n1. The van der Waals surface area contributed by atoms with Crippen LogP contribution in [0, 0.1) is 0 Å². The lowest BCUT2D eigenvalue weighted by Gasteiger charge is -2.14.